The second-order valence-electron chi connectivity index (χ2n) is 12.4. The first-order chi connectivity index (χ1) is 18.8. The fourth-order valence-electron chi connectivity index (χ4n) is 7.79. The van der Waals surface area contributed by atoms with Crippen LogP contribution in [-0.2, 0) is 14.8 Å². The molecule has 0 radical (unpaired) electrons. The van der Waals surface area contributed by atoms with Crippen LogP contribution in [0.25, 0.3) is 0 Å². The topological polar surface area (TPSA) is 73.0 Å². The molecule has 4 unspecified atom stereocenters. The maximum atomic E-state index is 13.9. The number of halogens is 1. The van der Waals surface area contributed by atoms with Gasteiger partial charge in [0, 0.05) is 51.4 Å². The van der Waals surface area contributed by atoms with E-state index in [1.54, 1.807) is 4.31 Å². The molecule has 9 heteroatoms. The van der Waals surface area contributed by atoms with Crippen LogP contribution >= 0.6 is 11.6 Å². The van der Waals surface area contributed by atoms with E-state index in [2.05, 4.69) is 10.2 Å². The van der Waals surface area contributed by atoms with E-state index in [0.29, 0.717) is 38.8 Å². The van der Waals surface area contributed by atoms with Crippen molar-refractivity contribution in [2.45, 2.75) is 87.0 Å². The number of benzene rings is 1. The van der Waals surface area contributed by atoms with E-state index < -0.39 is 15.3 Å². The Bertz CT molecular complexity index is 1170. The monoisotopic (exact) mass is 574 g/mol. The summed E-state index contributed by atoms with van der Waals surface area (Å²) in [4.78, 5) is 17.5. The Morgan fingerprint density at radius 1 is 0.949 bits per heavy atom. The molecule has 39 heavy (non-hydrogen) atoms. The summed E-state index contributed by atoms with van der Waals surface area (Å²) < 4.78 is 29.5. The third-order valence-corrected chi connectivity index (χ3v) is 12.9. The molecular formula is C30H43ClN4O3S. The number of piperidine rings is 1. The zero-order valence-corrected chi connectivity index (χ0v) is 24.7. The van der Waals surface area contributed by atoms with E-state index in [9.17, 15) is 13.2 Å². The lowest BCUT2D eigenvalue weighted by molar-refractivity contribution is -0.131. The minimum absolute atomic E-state index is 0.0145. The third kappa shape index (κ3) is 5.32. The number of nitrogens with zero attached hydrogens (tertiary/aromatic N) is 3. The highest BCUT2D eigenvalue weighted by Crippen LogP contribution is 2.40. The molecule has 1 aromatic carbocycles. The van der Waals surface area contributed by atoms with E-state index in [1.165, 1.54) is 44.9 Å². The molecule has 7 nitrogen and oxygen atoms in total. The first-order valence-electron chi connectivity index (χ1n) is 15.0. The van der Waals surface area contributed by atoms with E-state index in [1.807, 2.05) is 42.2 Å². The summed E-state index contributed by atoms with van der Waals surface area (Å²) in [5.74, 6) is -0.0519. The molecule has 1 N–H and O–H groups in total. The number of nitrogens with one attached hydrogen (secondary N) is 1. The lowest BCUT2D eigenvalue weighted by atomic mass is 9.88. The van der Waals surface area contributed by atoms with Crippen LogP contribution in [0, 0.1) is 5.92 Å². The van der Waals surface area contributed by atoms with Gasteiger partial charge in [-0.05, 0) is 48.8 Å². The van der Waals surface area contributed by atoms with Crippen molar-refractivity contribution < 1.29 is 13.2 Å². The number of carbonyl (C=O) groups excluding carboxylic acids is 1. The Morgan fingerprint density at radius 3 is 2.26 bits per heavy atom. The van der Waals surface area contributed by atoms with Crippen molar-refractivity contribution in [3.8, 4) is 0 Å². The van der Waals surface area contributed by atoms with Crippen LogP contribution in [0.5, 0.6) is 0 Å². The molecule has 5 atom stereocenters. The number of sulfonamides is 1. The normalized spacial score (nSPS) is 32.1. The number of fused-ring (bicyclic) bond motifs is 1. The number of likely N-dealkylation sites (tertiary alicyclic amines) is 1. The molecule has 4 heterocycles. The van der Waals surface area contributed by atoms with Gasteiger partial charge in [0.1, 0.15) is 5.50 Å². The van der Waals surface area contributed by atoms with Gasteiger partial charge in [-0.25, -0.2) is 8.42 Å². The van der Waals surface area contributed by atoms with Crippen molar-refractivity contribution in [2.24, 2.45) is 5.92 Å². The van der Waals surface area contributed by atoms with E-state index in [4.69, 9.17) is 11.6 Å². The standard InChI is InChI=1S/C30H43ClN4O3S/c1-21(22-10-6-5-7-11-22)30(36)33-17-23-19-34(20-24(23)18-33)39(37,38)27-16-32-28-26(27)14-15-35(29(28)31)25-12-8-3-2-4-9-13-25/h5-7,10-11,21,25-29,32H,2-4,8-9,12-20H2,1H3/t21-,26?,27?,28?,29?/m1/s1. The number of alkyl halides is 1. The smallest absolute Gasteiger partial charge is 0.230 e. The highest BCUT2D eigenvalue weighted by molar-refractivity contribution is 7.89. The first kappa shape index (κ1) is 27.7. The van der Waals surface area contributed by atoms with Crippen LogP contribution in [0.1, 0.15) is 69.8 Å². The summed E-state index contributed by atoms with van der Waals surface area (Å²) in [6, 6.07) is 10.4. The van der Waals surface area contributed by atoms with Crippen molar-refractivity contribution in [3.63, 3.8) is 0 Å². The van der Waals surface area contributed by atoms with Gasteiger partial charge in [0.25, 0.3) is 0 Å². The van der Waals surface area contributed by atoms with Gasteiger partial charge < -0.3 is 10.2 Å². The lowest BCUT2D eigenvalue weighted by Gasteiger charge is -2.45. The van der Waals surface area contributed by atoms with Gasteiger partial charge in [-0.2, -0.15) is 4.31 Å². The number of carbonyl (C=O) groups is 1. The van der Waals surface area contributed by atoms with Gasteiger partial charge in [-0.3, -0.25) is 9.69 Å². The quantitative estimate of drug-likeness (QED) is 0.328. The fraction of sp³-hybridized carbons (Fsp3) is 0.700. The van der Waals surface area contributed by atoms with E-state index in [0.717, 1.165) is 29.7 Å². The Hall–Kier alpha value is -1.45. The van der Waals surface area contributed by atoms with Gasteiger partial charge in [-0.15, -0.1) is 11.6 Å². The Kier molecular flexibility index (Phi) is 8.13. The summed E-state index contributed by atoms with van der Waals surface area (Å²) in [7, 11) is -3.48. The average Bonchev–Trinajstić information content (AvgIpc) is 3.63. The number of rotatable bonds is 5. The fourth-order valence-corrected chi connectivity index (χ4v) is 10.4. The minimum Gasteiger partial charge on any atom is -0.334 e. The summed E-state index contributed by atoms with van der Waals surface area (Å²) in [6.45, 7) is 5.20. The van der Waals surface area contributed by atoms with Crippen LogP contribution in [0.15, 0.2) is 41.5 Å². The highest BCUT2D eigenvalue weighted by atomic mass is 35.5. The molecule has 1 aromatic rings. The summed E-state index contributed by atoms with van der Waals surface area (Å²) in [5.41, 5.74) is 3.06. The van der Waals surface area contributed by atoms with Gasteiger partial charge >= 0.3 is 0 Å². The summed E-state index contributed by atoms with van der Waals surface area (Å²) in [6.07, 6.45) is 9.80. The predicted octanol–water partition coefficient (Wildman–Crippen LogP) is 3.91. The second-order valence-corrected chi connectivity index (χ2v) is 15.0. The molecule has 214 valence electrons. The van der Waals surface area contributed by atoms with Crippen LogP contribution < -0.4 is 5.32 Å². The van der Waals surface area contributed by atoms with Gasteiger partial charge in [0.05, 0.1) is 11.2 Å². The summed E-state index contributed by atoms with van der Waals surface area (Å²) >= 11 is 7.09. The molecular weight excluding hydrogens is 532 g/mol. The Morgan fingerprint density at radius 2 is 1.59 bits per heavy atom. The number of hydrogen-bond acceptors (Lipinski definition) is 5. The molecule has 0 bridgehead atoms. The molecule has 6 rings (SSSR count). The van der Waals surface area contributed by atoms with Gasteiger partial charge in [0.15, 0.2) is 0 Å². The van der Waals surface area contributed by atoms with Crippen LogP contribution in [-0.4, -0.2) is 90.5 Å². The minimum atomic E-state index is -3.48. The Balaban J connectivity index is 1.06. The highest BCUT2D eigenvalue weighted by Gasteiger charge is 2.52. The van der Waals surface area contributed by atoms with Crippen LogP contribution in [0.4, 0.5) is 0 Å². The zero-order chi connectivity index (χ0) is 27.1. The molecule has 4 aliphatic heterocycles. The van der Waals surface area contributed by atoms with E-state index >= 15 is 0 Å². The molecule has 5 aliphatic rings. The number of amides is 1. The van der Waals surface area contributed by atoms with Crippen molar-refractivity contribution in [2.75, 3.05) is 39.3 Å². The van der Waals surface area contributed by atoms with Crippen molar-refractivity contribution >= 4 is 27.5 Å². The second kappa shape index (κ2) is 11.4. The average molecular weight is 575 g/mol. The largest absolute Gasteiger partial charge is 0.334 e. The number of hydrogen-bond donors (Lipinski definition) is 1. The van der Waals surface area contributed by atoms with Gasteiger partial charge in [0.2, 0.25) is 15.9 Å². The maximum absolute atomic E-state index is 13.9. The lowest BCUT2D eigenvalue weighted by Crippen LogP contribution is -2.56. The maximum Gasteiger partial charge on any atom is 0.230 e. The van der Waals surface area contributed by atoms with Crippen molar-refractivity contribution in [1.29, 1.82) is 0 Å². The third-order valence-electron chi connectivity index (χ3n) is 10.1. The molecule has 0 aromatic heterocycles. The first-order valence-corrected chi connectivity index (χ1v) is 16.9. The van der Waals surface area contributed by atoms with Gasteiger partial charge in [-0.1, -0.05) is 62.4 Å². The van der Waals surface area contributed by atoms with E-state index in [-0.39, 0.29) is 29.3 Å². The van der Waals surface area contributed by atoms with Crippen LogP contribution in [0.3, 0.4) is 0 Å². The molecule has 1 saturated carbocycles. The molecule has 2 saturated heterocycles. The summed E-state index contributed by atoms with van der Waals surface area (Å²) in [5, 5.41) is 3.11. The Labute approximate surface area is 239 Å². The molecule has 1 amide bonds. The predicted molar refractivity (Wildman–Crippen MR) is 155 cm³/mol. The molecule has 1 aliphatic carbocycles. The SMILES string of the molecule is C[C@@H](C(=O)N1CC2=C(C1)CN(S(=O)(=O)C1CNC3C1CCN(C1CCCCCCC1)C3Cl)C2)c1ccccc1. The zero-order valence-electron chi connectivity index (χ0n) is 23.1. The molecule has 3 fully saturated rings. The van der Waals surface area contributed by atoms with Crippen molar-refractivity contribution in [3.05, 3.63) is 47.0 Å². The molecule has 0 spiro atoms. The van der Waals surface area contributed by atoms with Crippen LogP contribution in [0.2, 0.25) is 0 Å². The van der Waals surface area contributed by atoms with Crippen molar-refractivity contribution in [1.82, 2.24) is 19.4 Å².